The summed E-state index contributed by atoms with van der Waals surface area (Å²) in [4.78, 5) is 16.5. The first-order valence-electron chi connectivity index (χ1n) is 8.77. The summed E-state index contributed by atoms with van der Waals surface area (Å²) in [7, 11) is 0. The van der Waals surface area contributed by atoms with Crippen LogP contribution in [0.1, 0.15) is 36.9 Å². The van der Waals surface area contributed by atoms with Gasteiger partial charge in [-0.15, -0.1) is 0 Å². The number of carbonyl (C=O) groups excluding carboxylic acids is 1. The Morgan fingerprint density at radius 3 is 2.52 bits per heavy atom. The van der Waals surface area contributed by atoms with Crippen LogP contribution in [0, 0.1) is 11.8 Å². The van der Waals surface area contributed by atoms with Crippen LogP contribution in [-0.4, -0.2) is 23.7 Å². The van der Waals surface area contributed by atoms with Crippen molar-refractivity contribution in [2.24, 2.45) is 11.8 Å². The van der Waals surface area contributed by atoms with E-state index in [-0.39, 0.29) is 35.6 Å². The van der Waals surface area contributed by atoms with Gasteiger partial charge in [-0.05, 0) is 29.9 Å². The van der Waals surface area contributed by atoms with Gasteiger partial charge in [0.1, 0.15) is 0 Å². The number of benzene rings is 1. The molecule has 1 aliphatic rings. The van der Waals surface area contributed by atoms with Crippen LogP contribution < -0.4 is 10.1 Å². The molecular formula is C20H21F3N2O2. The minimum absolute atomic E-state index is 0.0266. The van der Waals surface area contributed by atoms with E-state index in [4.69, 9.17) is 0 Å². The number of nitrogens with one attached hydrogen (secondary N) is 1. The molecule has 27 heavy (non-hydrogen) atoms. The molecule has 0 aliphatic heterocycles. The van der Waals surface area contributed by atoms with Crippen molar-refractivity contribution in [3.05, 3.63) is 59.8 Å². The SMILES string of the molecule is C[C@H]1[C@@H](C(=O)N[C@H](C)c2ccc(OCC(F)(F)F)nc2)[C@@H]1c1ccccc1. The third-order valence-corrected chi connectivity index (χ3v) is 4.87. The summed E-state index contributed by atoms with van der Waals surface area (Å²) in [5.74, 6) is 0.290. The van der Waals surface area contributed by atoms with E-state index in [1.54, 1.807) is 6.07 Å². The number of amides is 1. The number of carbonyl (C=O) groups is 1. The van der Waals surface area contributed by atoms with Gasteiger partial charge in [0.2, 0.25) is 11.8 Å². The molecule has 1 amide bonds. The maximum atomic E-state index is 12.6. The van der Waals surface area contributed by atoms with Gasteiger partial charge in [0.05, 0.1) is 6.04 Å². The fourth-order valence-electron chi connectivity index (χ4n) is 3.33. The highest BCUT2D eigenvalue weighted by molar-refractivity contribution is 5.84. The first-order chi connectivity index (χ1) is 12.8. The van der Waals surface area contributed by atoms with Crippen molar-refractivity contribution in [1.29, 1.82) is 0 Å². The molecule has 1 aromatic heterocycles. The van der Waals surface area contributed by atoms with Crippen LogP contribution >= 0.6 is 0 Å². The van der Waals surface area contributed by atoms with Crippen molar-refractivity contribution in [2.75, 3.05) is 6.61 Å². The molecule has 4 atom stereocenters. The van der Waals surface area contributed by atoms with E-state index in [1.165, 1.54) is 12.3 Å². The summed E-state index contributed by atoms with van der Waals surface area (Å²) < 4.78 is 41.1. The fourth-order valence-corrected chi connectivity index (χ4v) is 3.33. The number of alkyl halides is 3. The van der Waals surface area contributed by atoms with E-state index in [2.05, 4.69) is 22.0 Å². The Morgan fingerprint density at radius 1 is 1.22 bits per heavy atom. The predicted octanol–water partition coefficient (Wildman–Crippen LogP) is 4.25. The first-order valence-corrected chi connectivity index (χ1v) is 8.77. The zero-order chi connectivity index (χ0) is 19.6. The number of nitrogens with zero attached hydrogens (tertiary/aromatic N) is 1. The molecule has 1 fully saturated rings. The molecule has 0 radical (unpaired) electrons. The molecule has 0 saturated heterocycles. The highest BCUT2D eigenvalue weighted by atomic mass is 19.4. The average Bonchev–Trinajstić information content (AvgIpc) is 3.31. The number of pyridine rings is 1. The van der Waals surface area contributed by atoms with Crippen LogP contribution in [0.3, 0.4) is 0 Å². The minimum atomic E-state index is -4.40. The monoisotopic (exact) mass is 378 g/mol. The molecule has 7 heteroatoms. The van der Waals surface area contributed by atoms with Gasteiger partial charge in [-0.3, -0.25) is 4.79 Å². The highest BCUT2D eigenvalue weighted by Crippen LogP contribution is 2.53. The molecule has 4 nitrogen and oxygen atoms in total. The van der Waals surface area contributed by atoms with Gasteiger partial charge in [0, 0.05) is 18.2 Å². The van der Waals surface area contributed by atoms with Crippen molar-refractivity contribution in [2.45, 2.75) is 32.0 Å². The molecule has 1 N–H and O–H groups in total. The van der Waals surface area contributed by atoms with Gasteiger partial charge in [0.15, 0.2) is 6.61 Å². The highest BCUT2D eigenvalue weighted by Gasteiger charge is 2.52. The molecule has 1 heterocycles. The third kappa shape index (κ3) is 4.78. The van der Waals surface area contributed by atoms with Crippen LogP contribution in [0.25, 0.3) is 0 Å². The number of hydrogen-bond acceptors (Lipinski definition) is 3. The van der Waals surface area contributed by atoms with Gasteiger partial charge < -0.3 is 10.1 Å². The maximum absolute atomic E-state index is 12.6. The lowest BCUT2D eigenvalue weighted by Gasteiger charge is -2.15. The summed E-state index contributed by atoms with van der Waals surface area (Å²) >= 11 is 0. The number of hydrogen-bond donors (Lipinski definition) is 1. The molecule has 1 saturated carbocycles. The van der Waals surface area contributed by atoms with Crippen LogP contribution in [-0.2, 0) is 4.79 Å². The van der Waals surface area contributed by atoms with Crippen LogP contribution in [0.2, 0.25) is 0 Å². The molecule has 3 rings (SSSR count). The predicted molar refractivity (Wildman–Crippen MR) is 94.2 cm³/mol. The minimum Gasteiger partial charge on any atom is -0.468 e. The van der Waals surface area contributed by atoms with Crippen LogP contribution in [0.5, 0.6) is 5.88 Å². The van der Waals surface area contributed by atoms with Crippen LogP contribution in [0.4, 0.5) is 13.2 Å². The van der Waals surface area contributed by atoms with E-state index in [1.807, 2.05) is 37.3 Å². The smallest absolute Gasteiger partial charge is 0.422 e. The standard InChI is InChI=1S/C20H21F3N2O2/c1-12-17(14-6-4-3-5-7-14)18(12)19(26)25-13(2)15-8-9-16(24-10-15)27-11-20(21,22)23/h3-10,12-13,17-18H,11H2,1-2H3,(H,25,26)/t12-,13-,17+,18-/m1/s1. The average molecular weight is 378 g/mol. The molecule has 0 unspecified atom stereocenters. The second-order valence-electron chi connectivity index (χ2n) is 6.89. The molecule has 0 spiro atoms. The molecule has 144 valence electrons. The van der Waals surface area contributed by atoms with E-state index >= 15 is 0 Å². The van der Waals surface area contributed by atoms with Crippen molar-refractivity contribution >= 4 is 5.91 Å². The summed E-state index contributed by atoms with van der Waals surface area (Å²) in [6.07, 6.45) is -2.99. The number of ether oxygens (including phenoxy) is 1. The van der Waals surface area contributed by atoms with Gasteiger partial charge in [-0.2, -0.15) is 13.2 Å². The Morgan fingerprint density at radius 2 is 1.93 bits per heavy atom. The quantitative estimate of drug-likeness (QED) is 0.818. The Labute approximate surface area is 155 Å². The van der Waals surface area contributed by atoms with Gasteiger partial charge in [-0.25, -0.2) is 4.98 Å². The van der Waals surface area contributed by atoms with E-state index in [9.17, 15) is 18.0 Å². The van der Waals surface area contributed by atoms with Crippen molar-refractivity contribution in [3.63, 3.8) is 0 Å². The molecule has 2 aromatic rings. The Bertz CT molecular complexity index is 778. The van der Waals surface area contributed by atoms with Crippen LogP contribution in [0.15, 0.2) is 48.7 Å². The summed E-state index contributed by atoms with van der Waals surface area (Å²) in [5.41, 5.74) is 1.86. The topological polar surface area (TPSA) is 51.2 Å². The summed E-state index contributed by atoms with van der Waals surface area (Å²) in [6, 6.07) is 12.6. The van der Waals surface area contributed by atoms with E-state index in [0.717, 1.165) is 5.56 Å². The largest absolute Gasteiger partial charge is 0.468 e. The van der Waals surface area contributed by atoms with Gasteiger partial charge in [0.25, 0.3) is 0 Å². The lowest BCUT2D eigenvalue weighted by Crippen LogP contribution is -2.29. The summed E-state index contributed by atoms with van der Waals surface area (Å²) in [5, 5.41) is 2.96. The van der Waals surface area contributed by atoms with Crippen molar-refractivity contribution in [3.8, 4) is 5.88 Å². The molecule has 1 aliphatic carbocycles. The zero-order valence-corrected chi connectivity index (χ0v) is 15.0. The number of rotatable bonds is 6. The second kappa shape index (κ2) is 7.58. The van der Waals surface area contributed by atoms with Gasteiger partial charge >= 0.3 is 6.18 Å². The molecular weight excluding hydrogens is 357 g/mol. The van der Waals surface area contributed by atoms with E-state index < -0.39 is 12.8 Å². The lowest BCUT2D eigenvalue weighted by atomic mass is 10.1. The van der Waals surface area contributed by atoms with E-state index in [0.29, 0.717) is 5.56 Å². The Balaban J connectivity index is 1.56. The third-order valence-electron chi connectivity index (χ3n) is 4.87. The first kappa shape index (κ1) is 19.2. The molecule has 0 bridgehead atoms. The normalized spacial score (nSPS) is 22.8. The Hall–Kier alpha value is -2.57. The Kier molecular flexibility index (Phi) is 5.39. The maximum Gasteiger partial charge on any atom is 0.422 e. The second-order valence-corrected chi connectivity index (χ2v) is 6.89. The molecule has 1 aromatic carbocycles. The number of halogens is 3. The zero-order valence-electron chi connectivity index (χ0n) is 15.0. The lowest BCUT2D eigenvalue weighted by molar-refractivity contribution is -0.154. The summed E-state index contributed by atoms with van der Waals surface area (Å²) in [6.45, 7) is 2.49. The fraction of sp³-hybridized carbons (Fsp3) is 0.400. The number of aromatic nitrogens is 1. The van der Waals surface area contributed by atoms with Crippen molar-refractivity contribution in [1.82, 2.24) is 10.3 Å². The van der Waals surface area contributed by atoms with Gasteiger partial charge in [-0.1, -0.05) is 43.3 Å². The van der Waals surface area contributed by atoms with Crippen molar-refractivity contribution < 1.29 is 22.7 Å².